The van der Waals surface area contributed by atoms with Crippen molar-refractivity contribution in [2.75, 3.05) is 26.7 Å². The van der Waals surface area contributed by atoms with Gasteiger partial charge in [0.2, 0.25) is 15.9 Å². The van der Waals surface area contributed by atoms with Crippen LogP contribution in [0.1, 0.15) is 30.4 Å². The highest BCUT2D eigenvalue weighted by Crippen LogP contribution is 2.38. The quantitative estimate of drug-likeness (QED) is 0.357. The van der Waals surface area contributed by atoms with Crippen LogP contribution >= 0.6 is 11.6 Å². The third kappa shape index (κ3) is 6.72. The standard InChI is InChI=1S/C29H33ClN2O4S/c1-23-9-6-7-12-27(23)37(34,35)32-18-8-17-29(21-32,22-36-26-15-13-25(30)14-16-26)19-28(33)31(2)20-24-10-4-3-5-11-24/h3-7,9-16H,8,17-22H2,1-2H3/t29-/m0/s1. The van der Waals surface area contributed by atoms with E-state index in [9.17, 15) is 13.2 Å². The molecule has 1 heterocycles. The molecule has 1 aliphatic rings. The minimum Gasteiger partial charge on any atom is -0.493 e. The Kier molecular flexibility index (Phi) is 8.57. The molecule has 8 heteroatoms. The van der Waals surface area contributed by atoms with Crippen LogP contribution in [0.4, 0.5) is 0 Å². The van der Waals surface area contributed by atoms with Gasteiger partial charge >= 0.3 is 0 Å². The van der Waals surface area contributed by atoms with Crippen LogP contribution < -0.4 is 4.74 Å². The lowest BCUT2D eigenvalue weighted by Gasteiger charge is -2.42. The maximum atomic E-state index is 13.6. The van der Waals surface area contributed by atoms with Gasteiger partial charge in [-0.15, -0.1) is 0 Å². The molecule has 1 atom stereocenters. The first kappa shape index (κ1) is 27.2. The summed E-state index contributed by atoms with van der Waals surface area (Å²) in [6.07, 6.45) is 1.51. The fourth-order valence-electron chi connectivity index (χ4n) is 4.83. The molecule has 3 aromatic rings. The first-order valence-corrected chi connectivity index (χ1v) is 14.2. The lowest BCUT2D eigenvalue weighted by atomic mass is 9.78. The summed E-state index contributed by atoms with van der Waals surface area (Å²) in [5.74, 6) is 0.589. The molecular formula is C29H33ClN2O4S. The summed E-state index contributed by atoms with van der Waals surface area (Å²) in [4.78, 5) is 15.4. The Morgan fingerprint density at radius 1 is 1.03 bits per heavy atom. The molecule has 0 radical (unpaired) electrons. The Bertz CT molecular complexity index is 1320. The van der Waals surface area contributed by atoms with Crippen molar-refractivity contribution in [2.24, 2.45) is 5.41 Å². The summed E-state index contributed by atoms with van der Waals surface area (Å²) >= 11 is 6.02. The van der Waals surface area contributed by atoms with Crippen molar-refractivity contribution in [3.05, 3.63) is 95.0 Å². The topological polar surface area (TPSA) is 66.9 Å². The number of ether oxygens (including phenoxy) is 1. The molecular weight excluding hydrogens is 508 g/mol. The van der Waals surface area contributed by atoms with Gasteiger partial charge in [0.15, 0.2) is 0 Å². The van der Waals surface area contributed by atoms with E-state index in [1.165, 1.54) is 4.31 Å². The number of piperidine rings is 1. The highest BCUT2D eigenvalue weighted by atomic mass is 35.5. The van der Waals surface area contributed by atoms with Crippen molar-refractivity contribution in [3.63, 3.8) is 0 Å². The van der Waals surface area contributed by atoms with E-state index >= 15 is 0 Å². The normalized spacial score (nSPS) is 18.4. The molecule has 1 amide bonds. The van der Waals surface area contributed by atoms with Gasteiger partial charge in [-0.05, 0) is 61.2 Å². The summed E-state index contributed by atoms with van der Waals surface area (Å²) in [6, 6.07) is 23.9. The number of aryl methyl sites for hydroxylation is 1. The average molecular weight is 541 g/mol. The number of carbonyl (C=O) groups is 1. The van der Waals surface area contributed by atoms with Gasteiger partial charge in [0.25, 0.3) is 0 Å². The number of hydrogen-bond acceptors (Lipinski definition) is 4. The van der Waals surface area contributed by atoms with Crippen LogP contribution in [0.2, 0.25) is 5.02 Å². The second-order valence-corrected chi connectivity index (χ2v) is 12.2. The van der Waals surface area contributed by atoms with Gasteiger partial charge in [-0.3, -0.25) is 4.79 Å². The predicted molar refractivity (Wildman–Crippen MR) is 146 cm³/mol. The molecule has 0 aliphatic carbocycles. The molecule has 0 aromatic heterocycles. The van der Waals surface area contributed by atoms with E-state index in [4.69, 9.17) is 16.3 Å². The van der Waals surface area contributed by atoms with Crippen LogP contribution in [0.5, 0.6) is 5.75 Å². The van der Waals surface area contributed by atoms with Crippen LogP contribution in [0, 0.1) is 12.3 Å². The summed E-state index contributed by atoms with van der Waals surface area (Å²) in [5, 5.41) is 0.605. The molecule has 1 fully saturated rings. The fraction of sp³-hybridized carbons (Fsp3) is 0.345. The van der Waals surface area contributed by atoms with Crippen LogP contribution in [-0.4, -0.2) is 50.3 Å². The zero-order valence-corrected chi connectivity index (χ0v) is 22.8. The monoisotopic (exact) mass is 540 g/mol. The van der Waals surface area contributed by atoms with E-state index < -0.39 is 15.4 Å². The van der Waals surface area contributed by atoms with Gasteiger partial charge in [-0.25, -0.2) is 8.42 Å². The number of amides is 1. The predicted octanol–water partition coefficient (Wildman–Crippen LogP) is 5.55. The van der Waals surface area contributed by atoms with Gasteiger partial charge in [0.1, 0.15) is 5.75 Å². The highest BCUT2D eigenvalue weighted by Gasteiger charge is 2.43. The molecule has 0 spiro atoms. The summed E-state index contributed by atoms with van der Waals surface area (Å²) in [7, 11) is -1.94. The third-order valence-corrected chi connectivity index (χ3v) is 9.17. The van der Waals surface area contributed by atoms with Crippen molar-refractivity contribution in [3.8, 4) is 5.75 Å². The second kappa shape index (κ2) is 11.7. The molecule has 0 unspecified atom stereocenters. The second-order valence-electron chi connectivity index (χ2n) is 9.86. The van der Waals surface area contributed by atoms with Crippen molar-refractivity contribution < 1.29 is 17.9 Å². The average Bonchev–Trinajstić information content (AvgIpc) is 2.89. The number of sulfonamides is 1. The zero-order chi connectivity index (χ0) is 26.5. The van der Waals surface area contributed by atoms with E-state index in [1.807, 2.05) is 36.4 Å². The zero-order valence-electron chi connectivity index (χ0n) is 21.3. The summed E-state index contributed by atoms with van der Waals surface area (Å²) in [6.45, 7) is 3.13. The number of halogens is 1. The number of carbonyl (C=O) groups excluding carboxylic acids is 1. The maximum Gasteiger partial charge on any atom is 0.243 e. The number of hydrogen-bond donors (Lipinski definition) is 0. The Hall–Kier alpha value is -2.87. The fourth-order valence-corrected chi connectivity index (χ4v) is 6.78. The Balaban J connectivity index is 1.58. The van der Waals surface area contributed by atoms with E-state index in [2.05, 4.69) is 0 Å². The Morgan fingerprint density at radius 2 is 1.70 bits per heavy atom. The van der Waals surface area contributed by atoms with Gasteiger partial charge in [0.05, 0.1) is 11.5 Å². The number of nitrogens with zero attached hydrogens (tertiary/aromatic N) is 2. The molecule has 0 bridgehead atoms. The minimum absolute atomic E-state index is 0.0429. The molecule has 196 valence electrons. The minimum atomic E-state index is -3.72. The SMILES string of the molecule is Cc1ccccc1S(=O)(=O)N1CCC[C@](COc2ccc(Cl)cc2)(CC(=O)N(C)Cc2ccccc2)C1. The molecule has 6 nitrogen and oxygen atoms in total. The maximum absolute atomic E-state index is 13.6. The van der Waals surface area contributed by atoms with Crippen molar-refractivity contribution in [1.82, 2.24) is 9.21 Å². The lowest BCUT2D eigenvalue weighted by Crippen LogP contribution is -2.50. The number of rotatable bonds is 9. The number of benzene rings is 3. The molecule has 4 rings (SSSR count). The van der Waals surface area contributed by atoms with E-state index in [1.54, 1.807) is 61.3 Å². The molecule has 0 N–H and O–H groups in total. The van der Waals surface area contributed by atoms with Crippen molar-refractivity contribution in [1.29, 1.82) is 0 Å². The first-order chi connectivity index (χ1) is 17.7. The van der Waals surface area contributed by atoms with Gasteiger partial charge < -0.3 is 9.64 Å². The van der Waals surface area contributed by atoms with Crippen LogP contribution in [0.3, 0.4) is 0 Å². The Morgan fingerprint density at radius 3 is 2.41 bits per heavy atom. The molecule has 37 heavy (non-hydrogen) atoms. The highest BCUT2D eigenvalue weighted by molar-refractivity contribution is 7.89. The smallest absolute Gasteiger partial charge is 0.243 e. The van der Waals surface area contributed by atoms with Gasteiger partial charge in [-0.1, -0.05) is 60.1 Å². The van der Waals surface area contributed by atoms with Gasteiger partial charge in [0, 0.05) is 43.5 Å². The van der Waals surface area contributed by atoms with E-state index in [0.717, 1.165) is 5.56 Å². The van der Waals surface area contributed by atoms with Crippen LogP contribution in [0.15, 0.2) is 83.8 Å². The van der Waals surface area contributed by atoms with Crippen molar-refractivity contribution >= 4 is 27.5 Å². The van der Waals surface area contributed by atoms with Gasteiger partial charge in [-0.2, -0.15) is 4.31 Å². The van der Waals surface area contributed by atoms with Crippen LogP contribution in [0.25, 0.3) is 0 Å². The van der Waals surface area contributed by atoms with E-state index in [-0.39, 0.29) is 25.5 Å². The van der Waals surface area contributed by atoms with Crippen LogP contribution in [-0.2, 0) is 21.4 Å². The van der Waals surface area contributed by atoms with Crippen molar-refractivity contribution in [2.45, 2.75) is 37.6 Å². The summed E-state index contributed by atoms with van der Waals surface area (Å²) in [5.41, 5.74) is 1.07. The molecule has 1 saturated heterocycles. The summed E-state index contributed by atoms with van der Waals surface area (Å²) < 4.78 is 35.0. The van der Waals surface area contributed by atoms with E-state index in [0.29, 0.717) is 47.2 Å². The Labute approximate surface area is 224 Å². The first-order valence-electron chi connectivity index (χ1n) is 12.4. The lowest BCUT2D eigenvalue weighted by molar-refractivity contribution is -0.134. The molecule has 1 aliphatic heterocycles. The largest absolute Gasteiger partial charge is 0.493 e. The molecule has 0 saturated carbocycles. The molecule has 3 aromatic carbocycles. The third-order valence-electron chi connectivity index (χ3n) is 6.91.